The minimum atomic E-state index is -3.83. The van der Waals surface area contributed by atoms with E-state index in [9.17, 15) is 18.0 Å². The number of carbonyl (C=O) groups excluding carboxylic acids is 2. The normalized spacial score (nSPS) is 16.2. The first kappa shape index (κ1) is 18.8. The molecule has 1 aromatic carbocycles. The molecule has 9 heteroatoms. The molecule has 0 saturated carbocycles. The minimum Gasteiger partial charge on any atom is -0.342 e. The van der Waals surface area contributed by atoms with Gasteiger partial charge in [-0.1, -0.05) is 23.5 Å². The van der Waals surface area contributed by atoms with Crippen molar-refractivity contribution in [1.29, 1.82) is 0 Å². The van der Waals surface area contributed by atoms with E-state index in [1.165, 1.54) is 11.3 Å². The van der Waals surface area contributed by atoms with Crippen LogP contribution in [0.1, 0.15) is 19.3 Å². The Morgan fingerprint density at radius 3 is 2.50 bits per heavy atom. The summed E-state index contributed by atoms with van der Waals surface area (Å²) in [4.78, 5) is 30.2. The Kier molecular flexibility index (Phi) is 5.57. The quantitative estimate of drug-likeness (QED) is 0.775. The summed E-state index contributed by atoms with van der Waals surface area (Å²) in [7, 11) is -2.05. The third-order valence-electron chi connectivity index (χ3n) is 4.33. The van der Waals surface area contributed by atoms with Gasteiger partial charge >= 0.3 is 0 Å². The van der Waals surface area contributed by atoms with Crippen LogP contribution in [-0.2, 0) is 26.5 Å². The molecule has 1 aromatic heterocycles. The zero-order valence-corrected chi connectivity index (χ0v) is 16.2. The molecule has 0 N–H and O–H groups in total. The lowest BCUT2D eigenvalue weighted by Crippen LogP contribution is -2.40. The fourth-order valence-corrected chi connectivity index (χ4v) is 5.13. The van der Waals surface area contributed by atoms with Crippen LogP contribution in [0.2, 0.25) is 0 Å². The van der Waals surface area contributed by atoms with Gasteiger partial charge in [-0.3, -0.25) is 9.59 Å². The topological polar surface area (TPSA) is 88.8 Å². The number of amides is 2. The highest BCUT2D eigenvalue weighted by atomic mass is 32.2. The number of hydrogen-bond acceptors (Lipinski definition) is 5. The van der Waals surface area contributed by atoms with Gasteiger partial charge in [-0.15, -0.1) is 0 Å². The SMILES string of the molecule is Cn1c(=NC(=O)CS(=O)(=O)CC(=O)N2CCCCC2)sc2ccccc21. The molecule has 1 aliphatic rings. The van der Waals surface area contributed by atoms with Crippen LogP contribution in [0.15, 0.2) is 29.3 Å². The van der Waals surface area contributed by atoms with Gasteiger partial charge in [0.2, 0.25) is 5.91 Å². The second-order valence-corrected chi connectivity index (χ2v) is 9.46. The first-order valence-corrected chi connectivity index (χ1v) is 11.1. The number of rotatable bonds is 4. The number of carbonyl (C=O) groups is 2. The third-order valence-corrected chi connectivity index (χ3v) is 6.82. The maximum Gasteiger partial charge on any atom is 0.263 e. The van der Waals surface area contributed by atoms with E-state index in [2.05, 4.69) is 4.99 Å². The number of para-hydroxylation sites is 1. The number of piperidine rings is 1. The van der Waals surface area contributed by atoms with Crippen LogP contribution < -0.4 is 4.80 Å². The predicted octanol–water partition coefficient (Wildman–Crippen LogP) is 1.09. The van der Waals surface area contributed by atoms with Crippen LogP contribution in [0.25, 0.3) is 10.2 Å². The van der Waals surface area contributed by atoms with E-state index in [0.717, 1.165) is 29.5 Å². The van der Waals surface area contributed by atoms with Crippen LogP contribution in [0.5, 0.6) is 0 Å². The number of aryl methyl sites for hydroxylation is 1. The molecule has 0 unspecified atom stereocenters. The third kappa shape index (κ3) is 4.39. The maximum absolute atomic E-state index is 12.2. The highest BCUT2D eigenvalue weighted by Crippen LogP contribution is 2.15. The Bertz CT molecular complexity index is 998. The lowest BCUT2D eigenvalue weighted by molar-refractivity contribution is -0.129. The molecule has 0 spiro atoms. The lowest BCUT2D eigenvalue weighted by Gasteiger charge is -2.26. The van der Waals surface area contributed by atoms with Crippen LogP contribution in [0, 0.1) is 0 Å². The van der Waals surface area contributed by atoms with Crippen LogP contribution >= 0.6 is 11.3 Å². The number of sulfone groups is 1. The number of hydrogen-bond donors (Lipinski definition) is 0. The van der Waals surface area contributed by atoms with E-state index < -0.39 is 33.2 Å². The molecule has 26 heavy (non-hydrogen) atoms. The smallest absolute Gasteiger partial charge is 0.263 e. The Labute approximate surface area is 155 Å². The molecule has 0 aliphatic carbocycles. The van der Waals surface area contributed by atoms with E-state index in [4.69, 9.17) is 0 Å². The summed E-state index contributed by atoms with van der Waals surface area (Å²) >= 11 is 1.32. The highest BCUT2D eigenvalue weighted by molar-refractivity contribution is 7.92. The fraction of sp³-hybridized carbons (Fsp3) is 0.471. The van der Waals surface area contributed by atoms with Gasteiger partial charge in [0, 0.05) is 20.1 Å². The van der Waals surface area contributed by atoms with Gasteiger partial charge in [0.1, 0.15) is 11.5 Å². The summed E-state index contributed by atoms with van der Waals surface area (Å²) in [6, 6.07) is 7.60. The number of aromatic nitrogens is 1. The molecule has 2 heterocycles. The van der Waals surface area contributed by atoms with E-state index in [0.29, 0.717) is 17.9 Å². The van der Waals surface area contributed by atoms with Crippen molar-refractivity contribution in [3.05, 3.63) is 29.1 Å². The second kappa shape index (κ2) is 7.71. The van der Waals surface area contributed by atoms with E-state index >= 15 is 0 Å². The van der Waals surface area contributed by atoms with Crippen molar-refractivity contribution in [2.75, 3.05) is 24.6 Å². The lowest BCUT2D eigenvalue weighted by atomic mass is 10.1. The molecular formula is C17H21N3O4S2. The number of fused-ring (bicyclic) bond motifs is 1. The zero-order valence-electron chi connectivity index (χ0n) is 14.6. The van der Waals surface area contributed by atoms with Gasteiger partial charge in [-0.25, -0.2) is 8.42 Å². The van der Waals surface area contributed by atoms with E-state index in [-0.39, 0.29) is 0 Å². The number of thiazole rings is 1. The first-order chi connectivity index (χ1) is 12.4. The molecular weight excluding hydrogens is 374 g/mol. The van der Waals surface area contributed by atoms with Crippen molar-refractivity contribution in [2.45, 2.75) is 19.3 Å². The molecule has 1 aliphatic heterocycles. The average molecular weight is 396 g/mol. The average Bonchev–Trinajstić information content (AvgIpc) is 2.91. The summed E-state index contributed by atoms with van der Waals surface area (Å²) in [5, 5.41) is 0. The van der Waals surface area contributed by atoms with Crippen molar-refractivity contribution in [2.24, 2.45) is 12.0 Å². The molecule has 0 bridgehead atoms. The van der Waals surface area contributed by atoms with E-state index in [1.807, 2.05) is 24.3 Å². The standard InChI is InChI=1S/C17H21N3O4S2/c1-19-13-7-3-4-8-14(13)25-17(19)18-15(21)11-26(23,24)12-16(22)20-9-5-2-6-10-20/h3-4,7-8H,2,5-6,9-12H2,1H3. The summed E-state index contributed by atoms with van der Waals surface area (Å²) in [6.45, 7) is 1.18. The maximum atomic E-state index is 12.2. The number of benzene rings is 1. The minimum absolute atomic E-state index is 0.426. The Hall–Kier alpha value is -2.00. The molecule has 7 nitrogen and oxygen atoms in total. The molecule has 2 aromatic rings. The number of nitrogens with zero attached hydrogens (tertiary/aromatic N) is 3. The van der Waals surface area contributed by atoms with Gasteiger partial charge in [-0.05, 0) is 31.4 Å². The van der Waals surface area contributed by atoms with Crippen molar-refractivity contribution < 1.29 is 18.0 Å². The van der Waals surface area contributed by atoms with Crippen molar-refractivity contribution in [1.82, 2.24) is 9.47 Å². The summed E-state index contributed by atoms with van der Waals surface area (Å²) in [5.74, 6) is -2.56. The van der Waals surface area contributed by atoms with Crippen molar-refractivity contribution in [3.8, 4) is 0 Å². The van der Waals surface area contributed by atoms with Gasteiger partial charge in [-0.2, -0.15) is 4.99 Å². The summed E-state index contributed by atoms with van der Waals surface area (Å²) < 4.78 is 27.1. The highest BCUT2D eigenvalue weighted by Gasteiger charge is 2.25. The monoisotopic (exact) mass is 395 g/mol. The summed E-state index contributed by atoms with van der Waals surface area (Å²) in [6.07, 6.45) is 2.84. The second-order valence-electron chi connectivity index (χ2n) is 6.39. The molecule has 3 rings (SSSR count). The van der Waals surface area contributed by atoms with Crippen LogP contribution in [-0.4, -0.2) is 54.3 Å². The van der Waals surface area contributed by atoms with E-state index in [1.54, 1.807) is 16.5 Å². The Morgan fingerprint density at radius 2 is 1.81 bits per heavy atom. The van der Waals surface area contributed by atoms with Gasteiger partial charge in [0.15, 0.2) is 14.6 Å². The first-order valence-electron chi connectivity index (χ1n) is 8.46. The Balaban J connectivity index is 1.71. The van der Waals surface area contributed by atoms with Gasteiger partial charge in [0.05, 0.1) is 10.2 Å². The van der Waals surface area contributed by atoms with Gasteiger partial charge < -0.3 is 9.47 Å². The van der Waals surface area contributed by atoms with Crippen molar-refractivity contribution >= 4 is 43.2 Å². The molecule has 0 atom stereocenters. The number of likely N-dealkylation sites (tertiary alicyclic amines) is 1. The molecule has 2 amide bonds. The van der Waals surface area contributed by atoms with Crippen molar-refractivity contribution in [3.63, 3.8) is 0 Å². The summed E-state index contributed by atoms with van der Waals surface area (Å²) in [5.41, 5.74) is 0.923. The van der Waals surface area contributed by atoms with Crippen LogP contribution in [0.4, 0.5) is 0 Å². The van der Waals surface area contributed by atoms with Crippen LogP contribution in [0.3, 0.4) is 0 Å². The largest absolute Gasteiger partial charge is 0.342 e. The molecule has 140 valence electrons. The predicted molar refractivity (Wildman–Crippen MR) is 100 cm³/mol. The molecule has 0 radical (unpaired) electrons. The van der Waals surface area contributed by atoms with Gasteiger partial charge in [0.25, 0.3) is 5.91 Å². The fourth-order valence-electron chi connectivity index (χ4n) is 2.99. The molecule has 1 fully saturated rings. The zero-order chi connectivity index (χ0) is 18.7. The molecule has 1 saturated heterocycles. The Morgan fingerprint density at radius 1 is 1.12 bits per heavy atom.